The maximum absolute atomic E-state index is 11.7. The number of nitrogens with zero attached hydrogens (tertiary/aromatic N) is 2. The smallest absolute Gasteiger partial charge is 0.325 e. The molecule has 1 saturated heterocycles. The Morgan fingerprint density at radius 1 is 1.50 bits per heavy atom. The van der Waals surface area contributed by atoms with Crippen LogP contribution in [0.25, 0.3) is 0 Å². The summed E-state index contributed by atoms with van der Waals surface area (Å²) >= 11 is 0. The number of amides is 3. The van der Waals surface area contributed by atoms with Gasteiger partial charge in [0.2, 0.25) is 5.91 Å². The molecule has 0 bridgehead atoms. The molecule has 1 aromatic heterocycles. The van der Waals surface area contributed by atoms with Crippen molar-refractivity contribution in [1.29, 1.82) is 0 Å². The van der Waals surface area contributed by atoms with Crippen LogP contribution in [0.4, 0.5) is 4.79 Å². The quantitative estimate of drug-likeness (QED) is 0.565. The minimum absolute atomic E-state index is 0.0269. The molecule has 3 amide bonds. The molecule has 1 N–H and O–H groups in total. The van der Waals surface area contributed by atoms with Gasteiger partial charge in [-0.3, -0.25) is 14.5 Å². The van der Waals surface area contributed by atoms with E-state index in [1.807, 2.05) is 0 Å². The molecule has 1 fully saturated rings. The molecule has 0 atom stereocenters. The molecule has 2 rings (SSSR count). The fourth-order valence-electron chi connectivity index (χ4n) is 1.52. The first-order chi connectivity index (χ1) is 7.58. The van der Waals surface area contributed by atoms with E-state index in [0.717, 1.165) is 4.90 Å². The van der Waals surface area contributed by atoms with Crippen LogP contribution in [0.2, 0.25) is 0 Å². The summed E-state index contributed by atoms with van der Waals surface area (Å²) in [6, 6.07) is 1.15. The lowest BCUT2D eigenvalue weighted by Gasteiger charge is -2.09. The van der Waals surface area contributed by atoms with Gasteiger partial charge in [0.25, 0.3) is 0 Å². The molecular formula is C10H11N3O3. The van der Waals surface area contributed by atoms with Gasteiger partial charge >= 0.3 is 6.03 Å². The number of carbonyl (C=O) groups is 3. The molecule has 1 aliphatic rings. The van der Waals surface area contributed by atoms with Gasteiger partial charge in [0.15, 0.2) is 5.78 Å². The van der Waals surface area contributed by atoms with Crippen molar-refractivity contribution in [2.45, 2.75) is 0 Å². The maximum Gasteiger partial charge on any atom is 0.325 e. The van der Waals surface area contributed by atoms with Gasteiger partial charge in [-0.2, -0.15) is 0 Å². The third-order valence-corrected chi connectivity index (χ3v) is 2.39. The van der Waals surface area contributed by atoms with Crippen LogP contribution in [0.3, 0.4) is 0 Å². The van der Waals surface area contributed by atoms with E-state index < -0.39 is 6.03 Å². The Bertz CT molecular complexity index is 448. The van der Waals surface area contributed by atoms with Crippen LogP contribution < -0.4 is 5.32 Å². The number of ketones is 1. The molecule has 0 spiro atoms. The van der Waals surface area contributed by atoms with Crippen LogP contribution in [0.1, 0.15) is 10.4 Å². The van der Waals surface area contributed by atoms with Gasteiger partial charge < -0.3 is 9.88 Å². The van der Waals surface area contributed by atoms with Crippen LogP contribution >= 0.6 is 0 Å². The first kappa shape index (κ1) is 10.4. The van der Waals surface area contributed by atoms with E-state index in [9.17, 15) is 14.4 Å². The van der Waals surface area contributed by atoms with Crippen molar-refractivity contribution >= 4 is 17.7 Å². The molecule has 0 aliphatic carbocycles. The van der Waals surface area contributed by atoms with Gasteiger partial charge in [-0.1, -0.05) is 0 Å². The number of urea groups is 1. The second kappa shape index (κ2) is 3.80. The highest BCUT2D eigenvalue weighted by atomic mass is 16.2. The Hall–Kier alpha value is -2.11. The number of nitrogens with one attached hydrogen (secondary N) is 1. The van der Waals surface area contributed by atoms with E-state index in [1.54, 1.807) is 30.1 Å². The Morgan fingerprint density at radius 3 is 2.75 bits per heavy atom. The largest absolute Gasteiger partial charge is 0.357 e. The summed E-state index contributed by atoms with van der Waals surface area (Å²) in [5, 5.41) is 2.36. The summed E-state index contributed by atoms with van der Waals surface area (Å²) in [7, 11) is 1.80. The zero-order chi connectivity index (χ0) is 11.7. The maximum atomic E-state index is 11.7. The average Bonchev–Trinajstić information content (AvgIpc) is 2.79. The summed E-state index contributed by atoms with van der Waals surface area (Å²) in [6.07, 6.45) is 3.39. The Labute approximate surface area is 91.8 Å². The molecule has 1 aliphatic heterocycles. The second-order valence-electron chi connectivity index (χ2n) is 3.63. The summed E-state index contributed by atoms with van der Waals surface area (Å²) in [4.78, 5) is 35.1. The van der Waals surface area contributed by atoms with Crippen molar-refractivity contribution in [3.8, 4) is 0 Å². The van der Waals surface area contributed by atoms with E-state index in [0.29, 0.717) is 5.56 Å². The van der Waals surface area contributed by atoms with Crippen LogP contribution in [-0.2, 0) is 11.8 Å². The molecule has 16 heavy (non-hydrogen) atoms. The van der Waals surface area contributed by atoms with Crippen molar-refractivity contribution in [2.24, 2.45) is 7.05 Å². The predicted octanol–water partition coefficient (Wildman–Crippen LogP) is -0.240. The topological polar surface area (TPSA) is 71.4 Å². The van der Waals surface area contributed by atoms with Crippen molar-refractivity contribution in [2.75, 3.05) is 13.1 Å². The normalized spacial score (nSPS) is 15.4. The van der Waals surface area contributed by atoms with E-state index in [-0.39, 0.29) is 24.8 Å². The number of rotatable bonds is 3. The van der Waals surface area contributed by atoms with Crippen LogP contribution in [0.5, 0.6) is 0 Å². The SMILES string of the molecule is Cn1ccc(C(=O)CN2C(=O)CNC2=O)c1. The highest BCUT2D eigenvalue weighted by molar-refractivity contribution is 6.07. The summed E-state index contributed by atoms with van der Waals surface area (Å²) in [5.41, 5.74) is 0.495. The minimum Gasteiger partial charge on any atom is -0.357 e. The number of carbonyl (C=O) groups excluding carboxylic acids is 3. The molecular weight excluding hydrogens is 210 g/mol. The summed E-state index contributed by atoms with van der Waals surface area (Å²) in [6.45, 7) is -0.227. The van der Waals surface area contributed by atoms with Gasteiger partial charge in [-0.25, -0.2) is 4.79 Å². The molecule has 6 heteroatoms. The highest BCUT2D eigenvalue weighted by Crippen LogP contribution is 2.05. The lowest BCUT2D eigenvalue weighted by atomic mass is 10.2. The Kier molecular flexibility index (Phi) is 2.47. The van der Waals surface area contributed by atoms with E-state index in [2.05, 4.69) is 5.32 Å². The molecule has 84 valence electrons. The van der Waals surface area contributed by atoms with Crippen LogP contribution in [0, 0.1) is 0 Å². The molecule has 1 aromatic rings. The van der Waals surface area contributed by atoms with Crippen LogP contribution in [-0.4, -0.2) is 40.3 Å². The van der Waals surface area contributed by atoms with E-state index >= 15 is 0 Å². The second-order valence-corrected chi connectivity index (χ2v) is 3.63. The zero-order valence-electron chi connectivity index (χ0n) is 8.77. The number of imide groups is 1. The van der Waals surface area contributed by atoms with Crippen molar-refractivity contribution in [3.63, 3.8) is 0 Å². The van der Waals surface area contributed by atoms with Gasteiger partial charge in [0.1, 0.15) is 0 Å². The summed E-state index contributed by atoms with van der Waals surface area (Å²) in [5.74, 6) is -0.611. The van der Waals surface area contributed by atoms with E-state index in [4.69, 9.17) is 0 Å². The summed E-state index contributed by atoms with van der Waals surface area (Å²) < 4.78 is 1.74. The molecule has 0 aromatic carbocycles. The first-order valence-electron chi connectivity index (χ1n) is 4.81. The number of aromatic nitrogens is 1. The van der Waals surface area contributed by atoms with Gasteiger partial charge in [-0.15, -0.1) is 0 Å². The van der Waals surface area contributed by atoms with Crippen molar-refractivity contribution in [1.82, 2.24) is 14.8 Å². The monoisotopic (exact) mass is 221 g/mol. The minimum atomic E-state index is -0.505. The van der Waals surface area contributed by atoms with Gasteiger partial charge in [0.05, 0.1) is 13.1 Å². The van der Waals surface area contributed by atoms with E-state index in [1.165, 1.54) is 0 Å². The lowest BCUT2D eigenvalue weighted by Crippen LogP contribution is -2.35. The molecule has 0 unspecified atom stereocenters. The van der Waals surface area contributed by atoms with Gasteiger partial charge in [0, 0.05) is 25.0 Å². The molecule has 0 saturated carbocycles. The number of aryl methyl sites for hydroxylation is 1. The third kappa shape index (κ3) is 1.81. The van der Waals surface area contributed by atoms with Crippen LogP contribution in [0.15, 0.2) is 18.5 Å². The number of Topliss-reactive ketones (excluding diaryl/α,β-unsaturated/α-hetero) is 1. The van der Waals surface area contributed by atoms with Crippen molar-refractivity contribution < 1.29 is 14.4 Å². The lowest BCUT2D eigenvalue weighted by molar-refractivity contribution is -0.124. The Morgan fingerprint density at radius 2 is 2.25 bits per heavy atom. The zero-order valence-corrected chi connectivity index (χ0v) is 8.77. The molecule has 2 heterocycles. The number of hydrogen-bond donors (Lipinski definition) is 1. The van der Waals surface area contributed by atoms with Gasteiger partial charge in [-0.05, 0) is 6.07 Å². The molecule has 0 radical (unpaired) electrons. The number of hydrogen-bond acceptors (Lipinski definition) is 3. The van der Waals surface area contributed by atoms with Crippen molar-refractivity contribution in [3.05, 3.63) is 24.0 Å². The highest BCUT2D eigenvalue weighted by Gasteiger charge is 2.30. The third-order valence-electron chi connectivity index (χ3n) is 2.39. The fourth-order valence-corrected chi connectivity index (χ4v) is 1.52. The molecule has 6 nitrogen and oxygen atoms in total. The predicted molar refractivity (Wildman–Crippen MR) is 54.9 cm³/mol. The first-order valence-corrected chi connectivity index (χ1v) is 4.81. The standard InChI is InChI=1S/C10H11N3O3/c1-12-3-2-7(5-12)8(14)6-13-9(15)4-11-10(13)16/h2-3,5H,4,6H2,1H3,(H,11,16). The fraction of sp³-hybridized carbons (Fsp3) is 0.300. The Balaban J connectivity index is 2.08. The average molecular weight is 221 g/mol.